The molecule has 0 amide bonds. The molecule has 0 aliphatic rings. The van der Waals surface area contributed by atoms with E-state index in [0.29, 0.717) is 10.0 Å². The highest BCUT2D eigenvalue weighted by Gasteiger charge is 2.11. The average molecular weight is 381 g/mol. The van der Waals surface area contributed by atoms with Crippen LogP contribution in [0, 0.1) is 13.8 Å². The van der Waals surface area contributed by atoms with Gasteiger partial charge in [0, 0.05) is 21.6 Å². The van der Waals surface area contributed by atoms with Gasteiger partial charge in [0.25, 0.3) is 0 Å². The Morgan fingerprint density at radius 1 is 0.952 bits per heavy atom. The molecule has 0 aliphatic carbocycles. The maximum atomic E-state index is 6.60. The summed E-state index contributed by atoms with van der Waals surface area (Å²) in [6, 6.07) is 10.1. The monoisotopic (exact) mass is 379 g/mol. The van der Waals surface area contributed by atoms with Gasteiger partial charge in [-0.2, -0.15) is 0 Å². The first-order valence-corrected chi connectivity index (χ1v) is 8.02. The Labute approximate surface area is 142 Å². The van der Waals surface area contributed by atoms with Crippen molar-refractivity contribution in [1.82, 2.24) is 4.98 Å². The van der Waals surface area contributed by atoms with Crippen LogP contribution in [0.3, 0.4) is 0 Å². The molecule has 0 fully saturated rings. The third-order valence-corrected chi connectivity index (χ3v) is 4.98. The van der Waals surface area contributed by atoms with E-state index in [1.807, 2.05) is 18.3 Å². The molecule has 0 saturated carbocycles. The number of aryl methyl sites for hydroxylation is 2. The van der Waals surface area contributed by atoms with E-state index >= 15 is 0 Å². The molecule has 106 valence electrons. The highest BCUT2D eigenvalue weighted by Crippen LogP contribution is 2.37. The van der Waals surface area contributed by atoms with Gasteiger partial charge < -0.3 is 0 Å². The van der Waals surface area contributed by atoms with Crippen molar-refractivity contribution in [1.29, 1.82) is 0 Å². The van der Waals surface area contributed by atoms with E-state index in [1.54, 1.807) is 0 Å². The van der Waals surface area contributed by atoms with Crippen molar-refractivity contribution >= 4 is 50.0 Å². The molecule has 0 atom stereocenters. The van der Waals surface area contributed by atoms with E-state index in [4.69, 9.17) is 23.2 Å². The summed E-state index contributed by atoms with van der Waals surface area (Å²) in [5.41, 5.74) is 5.22. The lowest BCUT2D eigenvalue weighted by Gasteiger charge is -2.10. The number of pyridine rings is 1. The van der Waals surface area contributed by atoms with Gasteiger partial charge in [0.1, 0.15) is 0 Å². The number of benzene rings is 2. The quantitative estimate of drug-likeness (QED) is 0.464. The maximum absolute atomic E-state index is 6.60. The second-order valence-electron chi connectivity index (χ2n) is 5.15. The van der Waals surface area contributed by atoms with Gasteiger partial charge in [0.15, 0.2) is 0 Å². The van der Waals surface area contributed by atoms with Crippen molar-refractivity contribution in [3.05, 3.63) is 62.2 Å². The summed E-state index contributed by atoms with van der Waals surface area (Å²) < 4.78 is 0.818. The normalized spacial score (nSPS) is 11.1. The molecule has 3 rings (SSSR count). The van der Waals surface area contributed by atoms with Crippen molar-refractivity contribution < 1.29 is 0 Å². The molecule has 0 bridgehead atoms. The molecule has 21 heavy (non-hydrogen) atoms. The molecule has 1 nitrogen and oxygen atoms in total. The van der Waals surface area contributed by atoms with Gasteiger partial charge in [-0.1, -0.05) is 52.5 Å². The van der Waals surface area contributed by atoms with Gasteiger partial charge in [0.2, 0.25) is 0 Å². The summed E-state index contributed by atoms with van der Waals surface area (Å²) in [5, 5.41) is 2.22. The number of halogens is 3. The third kappa shape index (κ3) is 2.80. The molecule has 1 aromatic heterocycles. The van der Waals surface area contributed by atoms with Crippen LogP contribution in [0.1, 0.15) is 11.1 Å². The smallest absolute Gasteiger partial charge is 0.0733 e. The minimum Gasteiger partial charge on any atom is -0.255 e. The molecule has 2 aromatic carbocycles. The molecule has 0 spiro atoms. The highest BCUT2D eigenvalue weighted by molar-refractivity contribution is 9.10. The number of hydrogen-bond donors (Lipinski definition) is 0. The predicted molar refractivity (Wildman–Crippen MR) is 94.4 cm³/mol. The lowest BCUT2D eigenvalue weighted by atomic mass is 10.0. The van der Waals surface area contributed by atoms with E-state index in [1.165, 1.54) is 11.1 Å². The van der Waals surface area contributed by atoms with Crippen LogP contribution in [0.5, 0.6) is 0 Å². The standard InChI is InChI=1S/C17H12BrCl2N/c1-9-3-10(2)5-11(4-9)13-8-21-16-7-15(19)14(18)6-12(16)17(13)20/h3-8H,1-2H3. The number of rotatable bonds is 1. The van der Waals surface area contributed by atoms with Crippen molar-refractivity contribution in [2.24, 2.45) is 0 Å². The lowest BCUT2D eigenvalue weighted by Crippen LogP contribution is -1.88. The largest absolute Gasteiger partial charge is 0.255 e. The van der Waals surface area contributed by atoms with Crippen LogP contribution >= 0.6 is 39.1 Å². The van der Waals surface area contributed by atoms with E-state index in [2.05, 4.69) is 53.0 Å². The zero-order valence-electron chi connectivity index (χ0n) is 11.5. The lowest BCUT2D eigenvalue weighted by molar-refractivity contribution is 1.36. The summed E-state index contributed by atoms with van der Waals surface area (Å²) in [4.78, 5) is 4.49. The number of nitrogens with zero attached hydrogens (tertiary/aromatic N) is 1. The van der Waals surface area contributed by atoms with Crippen LogP contribution in [0.4, 0.5) is 0 Å². The molecule has 0 unspecified atom stereocenters. The zero-order valence-corrected chi connectivity index (χ0v) is 14.6. The maximum Gasteiger partial charge on any atom is 0.0733 e. The molecule has 3 aromatic rings. The van der Waals surface area contributed by atoms with Crippen molar-refractivity contribution in [3.63, 3.8) is 0 Å². The fourth-order valence-corrected chi connectivity index (χ4v) is 3.30. The first-order valence-electron chi connectivity index (χ1n) is 6.47. The van der Waals surface area contributed by atoms with E-state index in [9.17, 15) is 0 Å². The first kappa shape index (κ1) is 14.8. The number of hydrogen-bond acceptors (Lipinski definition) is 1. The van der Waals surface area contributed by atoms with Gasteiger partial charge in [-0.25, -0.2) is 0 Å². The van der Waals surface area contributed by atoms with Crippen LogP contribution in [0.15, 0.2) is 41.0 Å². The summed E-state index contributed by atoms with van der Waals surface area (Å²) in [5.74, 6) is 0. The molecule has 0 N–H and O–H groups in total. The molecule has 4 heteroatoms. The Morgan fingerprint density at radius 3 is 2.29 bits per heavy atom. The molecule has 0 radical (unpaired) electrons. The Morgan fingerprint density at radius 2 is 1.62 bits per heavy atom. The molecule has 1 heterocycles. The summed E-state index contributed by atoms with van der Waals surface area (Å²) >= 11 is 16.1. The van der Waals surface area contributed by atoms with Crippen molar-refractivity contribution in [2.75, 3.05) is 0 Å². The van der Waals surface area contributed by atoms with Crippen LogP contribution in [-0.2, 0) is 0 Å². The van der Waals surface area contributed by atoms with Crippen LogP contribution in [-0.4, -0.2) is 4.98 Å². The van der Waals surface area contributed by atoms with Crippen molar-refractivity contribution in [2.45, 2.75) is 13.8 Å². The van der Waals surface area contributed by atoms with Crippen LogP contribution < -0.4 is 0 Å². The SMILES string of the molecule is Cc1cc(C)cc(-c2cnc3cc(Cl)c(Br)cc3c2Cl)c1. The van der Waals surface area contributed by atoms with E-state index in [-0.39, 0.29) is 0 Å². The number of fused-ring (bicyclic) bond motifs is 1. The molecular weight excluding hydrogens is 369 g/mol. The summed E-state index contributed by atoms with van der Waals surface area (Å²) in [6.07, 6.45) is 1.81. The molecule has 0 saturated heterocycles. The summed E-state index contributed by atoms with van der Waals surface area (Å²) in [6.45, 7) is 4.16. The second kappa shape index (κ2) is 5.60. The minimum atomic E-state index is 0.630. The molecule has 0 aliphatic heterocycles. The average Bonchev–Trinajstić information content (AvgIpc) is 2.40. The first-order chi connectivity index (χ1) is 9.95. The third-order valence-electron chi connectivity index (χ3n) is 3.38. The number of aromatic nitrogens is 1. The Bertz CT molecular complexity index is 839. The van der Waals surface area contributed by atoms with E-state index in [0.717, 1.165) is 26.5 Å². The van der Waals surface area contributed by atoms with Crippen LogP contribution in [0.2, 0.25) is 10.0 Å². The highest BCUT2D eigenvalue weighted by atomic mass is 79.9. The van der Waals surface area contributed by atoms with Crippen LogP contribution in [0.25, 0.3) is 22.0 Å². The zero-order chi connectivity index (χ0) is 15.1. The topological polar surface area (TPSA) is 12.9 Å². The van der Waals surface area contributed by atoms with Gasteiger partial charge in [-0.05, 0) is 47.5 Å². The Hall–Kier alpha value is -1.09. The van der Waals surface area contributed by atoms with Crippen molar-refractivity contribution in [3.8, 4) is 11.1 Å². The molecular formula is C17H12BrCl2N. The van der Waals surface area contributed by atoms with Gasteiger partial charge >= 0.3 is 0 Å². The predicted octanol–water partition coefficient (Wildman–Crippen LogP) is 6.59. The Balaban J connectivity index is 2.29. The van der Waals surface area contributed by atoms with Gasteiger partial charge in [-0.3, -0.25) is 4.98 Å². The minimum absolute atomic E-state index is 0.630. The summed E-state index contributed by atoms with van der Waals surface area (Å²) in [7, 11) is 0. The van der Waals surface area contributed by atoms with Gasteiger partial charge in [-0.15, -0.1) is 0 Å². The Kier molecular flexibility index (Phi) is 3.96. The second-order valence-corrected chi connectivity index (χ2v) is 6.79. The fraction of sp³-hybridized carbons (Fsp3) is 0.118. The van der Waals surface area contributed by atoms with E-state index < -0.39 is 0 Å². The van der Waals surface area contributed by atoms with Gasteiger partial charge in [0.05, 0.1) is 15.6 Å². The fourth-order valence-electron chi connectivity index (χ4n) is 2.49.